The third-order valence-corrected chi connectivity index (χ3v) is 5.17. The molecule has 0 radical (unpaired) electrons. The fourth-order valence-electron chi connectivity index (χ4n) is 2.53. The number of hydrogen-bond donors (Lipinski definition) is 2. The third kappa shape index (κ3) is 3.61. The number of nitrogens with zero attached hydrogens (tertiary/aromatic N) is 3. The van der Waals surface area contributed by atoms with E-state index in [9.17, 15) is 4.79 Å². The number of benzene rings is 1. The number of para-hydroxylation sites is 1. The molecule has 8 heteroatoms. The topological polar surface area (TPSA) is 63.4 Å². The highest BCUT2D eigenvalue weighted by molar-refractivity contribution is 7.80. The van der Waals surface area contributed by atoms with Gasteiger partial charge in [-0.1, -0.05) is 24.3 Å². The van der Waals surface area contributed by atoms with E-state index in [0.717, 1.165) is 22.0 Å². The summed E-state index contributed by atoms with van der Waals surface area (Å²) in [5.41, 5.74) is 5.46. The number of thiocarbonyl (C=S) groups is 1. The molecule has 0 aliphatic carbocycles. The van der Waals surface area contributed by atoms with Gasteiger partial charge in [0, 0.05) is 11.9 Å². The first-order valence-electron chi connectivity index (χ1n) is 7.98. The van der Waals surface area contributed by atoms with E-state index >= 15 is 0 Å². The largest absolute Gasteiger partial charge is 0.325 e. The van der Waals surface area contributed by atoms with Crippen molar-refractivity contribution in [3.63, 3.8) is 0 Å². The van der Waals surface area contributed by atoms with Gasteiger partial charge >= 0.3 is 0 Å². The van der Waals surface area contributed by atoms with Gasteiger partial charge in [0.1, 0.15) is 5.69 Å². The fraction of sp³-hybridized carbons (Fsp3) is 0.167. The van der Waals surface area contributed by atoms with Gasteiger partial charge in [-0.05, 0) is 49.6 Å². The molecule has 0 saturated carbocycles. The smallest absolute Gasteiger partial charge is 0.295 e. The van der Waals surface area contributed by atoms with Crippen LogP contribution in [0.4, 0.5) is 5.69 Å². The van der Waals surface area contributed by atoms with Crippen LogP contribution in [-0.4, -0.2) is 20.2 Å². The first-order chi connectivity index (χ1) is 12.5. The molecule has 1 aromatic carbocycles. The molecule has 3 rings (SSSR count). The fourth-order valence-corrected chi connectivity index (χ4v) is 3.35. The van der Waals surface area contributed by atoms with Crippen LogP contribution in [0.3, 0.4) is 0 Å². The minimum Gasteiger partial charge on any atom is -0.325 e. The predicted molar refractivity (Wildman–Crippen MR) is 112 cm³/mol. The number of hydrazone groups is 1. The summed E-state index contributed by atoms with van der Waals surface area (Å²) < 4.78 is 3.39. The van der Waals surface area contributed by atoms with Gasteiger partial charge in [-0.3, -0.25) is 14.9 Å². The Balaban J connectivity index is 1.81. The van der Waals surface area contributed by atoms with Crippen molar-refractivity contribution in [1.82, 2.24) is 14.8 Å². The molecule has 0 amide bonds. The summed E-state index contributed by atoms with van der Waals surface area (Å²) in [6, 6.07) is 13.4. The van der Waals surface area contributed by atoms with Crippen LogP contribution in [0.2, 0.25) is 0 Å². The molecule has 0 aliphatic heterocycles. The van der Waals surface area contributed by atoms with E-state index in [1.165, 1.54) is 0 Å². The lowest BCUT2D eigenvalue weighted by Gasteiger charge is -2.07. The van der Waals surface area contributed by atoms with E-state index < -0.39 is 0 Å². The van der Waals surface area contributed by atoms with E-state index in [4.69, 9.17) is 12.2 Å². The van der Waals surface area contributed by atoms with Crippen LogP contribution in [0.25, 0.3) is 5.69 Å². The normalized spacial score (nSPS) is 11.4. The van der Waals surface area contributed by atoms with Gasteiger partial charge in [0.2, 0.25) is 0 Å². The van der Waals surface area contributed by atoms with Crippen molar-refractivity contribution >= 4 is 40.1 Å². The summed E-state index contributed by atoms with van der Waals surface area (Å²) in [4.78, 5) is 13.9. The van der Waals surface area contributed by atoms with E-state index in [2.05, 4.69) is 15.8 Å². The lowest BCUT2D eigenvalue weighted by molar-refractivity contribution is 0.630. The summed E-state index contributed by atoms with van der Waals surface area (Å²) >= 11 is 6.89. The van der Waals surface area contributed by atoms with Gasteiger partial charge in [0.05, 0.1) is 17.1 Å². The average Bonchev–Trinajstić information content (AvgIpc) is 3.25. The summed E-state index contributed by atoms with van der Waals surface area (Å²) in [7, 11) is 1.84. The molecule has 0 aliphatic rings. The number of aromatic nitrogens is 2. The van der Waals surface area contributed by atoms with E-state index in [1.54, 1.807) is 20.7 Å². The Bertz CT molecular complexity index is 1000. The molecule has 2 aromatic heterocycles. The molecule has 0 atom stereocenters. The molecule has 2 heterocycles. The number of hydrogen-bond acceptors (Lipinski definition) is 4. The lowest BCUT2D eigenvalue weighted by Crippen LogP contribution is -2.28. The number of thiophene rings is 1. The van der Waals surface area contributed by atoms with E-state index in [-0.39, 0.29) is 10.7 Å². The van der Waals surface area contributed by atoms with Gasteiger partial charge in [0.15, 0.2) is 5.11 Å². The first kappa shape index (κ1) is 18.1. The highest BCUT2D eigenvalue weighted by Gasteiger charge is 2.16. The molecule has 0 fully saturated rings. The molecule has 0 unspecified atom stereocenters. The van der Waals surface area contributed by atoms with Crippen molar-refractivity contribution in [2.75, 3.05) is 5.32 Å². The molecule has 2 N–H and O–H groups in total. The Labute approximate surface area is 160 Å². The van der Waals surface area contributed by atoms with Crippen LogP contribution in [0.5, 0.6) is 0 Å². The zero-order valence-corrected chi connectivity index (χ0v) is 16.3. The lowest BCUT2D eigenvalue weighted by atomic mass is 10.3. The Morgan fingerprint density at radius 3 is 2.58 bits per heavy atom. The summed E-state index contributed by atoms with van der Waals surface area (Å²) in [5.74, 6) is 0. The molecule has 0 saturated heterocycles. The van der Waals surface area contributed by atoms with Crippen molar-refractivity contribution in [1.29, 1.82) is 0 Å². The average molecular weight is 386 g/mol. The predicted octanol–water partition coefficient (Wildman–Crippen LogP) is 3.26. The highest BCUT2D eigenvalue weighted by atomic mass is 32.1. The molecule has 134 valence electrons. The number of rotatable bonds is 4. The first-order valence-corrected chi connectivity index (χ1v) is 9.27. The van der Waals surface area contributed by atoms with Crippen LogP contribution in [-0.2, 0) is 7.05 Å². The Hall–Kier alpha value is -2.71. The second-order valence-corrected chi connectivity index (χ2v) is 7.03. The van der Waals surface area contributed by atoms with Crippen LogP contribution in [0, 0.1) is 6.92 Å². The van der Waals surface area contributed by atoms with E-state index in [0.29, 0.717) is 5.69 Å². The summed E-state index contributed by atoms with van der Waals surface area (Å²) in [6.45, 7) is 3.77. The number of anilines is 1. The highest BCUT2D eigenvalue weighted by Crippen LogP contribution is 2.14. The van der Waals surface area contributed by atoms with Crippen molar-refractivity contribution in [2.24, 2.45) is 12.1 Å². The van der Waals surface area contributed by atoms with Crippen LogP contribution >= 0.6 is 23.6 Å². The maximum atomic E-state index is 12.8. The third-order valence-electron chi connectivity index (χ3n) is 4.00. The molecule has 6 nitrogen and oxygen atoms in total. The molecule has 26 heavy (non-hydrogen) atoms. The van der Waals surface area contributed by atoms with Gasteiger partial charge in [-0.2, -0.15) is 5.10 Å². The zero-order valence-electron chi connectivity index (χ0n) is 14.7. The summed E-state index contributed by atoms with van der Waals surface area (Å²) in [6.07, 6.45) is 0. The molecule has 0 bridgehead atoms. The van der Waals surface area contributed by atoms with Gasteiger partial charge < -0.3 is 5.32 Å². The maximum absolute atomic E-state index is 12.8. The monoisotopic (exact) mass is 385 g/mol. The standard InChI is InChI=1S/C18H19N5OS2/c1-12(15-10-7-11-26-15)20-21-18(25)19-16-13(2)22(3)23(17(16)24)14-8-5-4-6-9-14/h4-11H,1-3H3,(H2,19,21,25). The van der Waals surface area contributed by atoms with E-state index in [1.807, 2.05) is 68.7 Å². The van der Waals surface area contributed by atoms with Crippen molar-refractivity contribution in [3.8, 4) is 5.69 Å². The molecule has 0 spiro atoms. The van der Waals surface area contributed by atoms with Gasteiger partial charge in [0.25, 0.3) is 5.56 Å². The van der Waals surface area contributed by atoms with Crippen LogP contribution < -0.4 is 16.3 Å². The second-order valence-electron chi connectivity index (χ2n) is 5.68. The molecular weight excluding hydrogens is 366 g/mol. The van der Waals surface area contributed by atoms with Crippen LogP contribution in [0.15, 0.2) is 57.7 Å². The van der Waals surface area contributed by atoms with Gasteiger partial charge in [-0.15, -0.1) is 11.3 Å². The zero-order chi connectivity index (χ0) is 18.7. The summed E-state index contributed by atoms with van der Waals surface area (Å²) in [5, 5.41) is 9.50. The van der Waals surface area contributed by atoms with Crippen molar-refractivity contribution in [3.05, 3.63) is 68.8 Å². The van der Waals surface area contributed by atoms with Crippen molar-refractivity contribution in [2.45, 2.75) is 13.8 Å². The Kier molecular flexibility index (Phi) is 5.34. The molecular formula is C18H19N5OS2. The maximum Gasteiger partial charge on any atom is 0.295 e. The van der Waals surface area contributed by atoms with Crippen molar-refractivity contribution < 1.29 is 0 Å². The molecule has 3 aromatic rings. The minimum atomic E-state index is -0.167. The number of nitrogens with one attached hydrogen (secondary N) is 2. The minimum absolute atomic E-state index is 0.167. The Morgan fingerprint density at radius 2 is 1.92 bits per heavy atom. The Morgan fingerprint density at radius 1 is 1.19 bits per heavy atom. The quantitative estimate of drug-likeness (QED) is 0.411. The van der Waals surface area contributed by atoms with Crippen LogP contribution in [0.1, 0.15) is 17.5 Å². The van der Waals surface area contributed by atoms with Gasteiger partial charge in [-0.25, -0.2) is 4.68 Å². The SMILES string of the molecule is CC(=NNC(=S)Nc1c(C)n(C)n(-c2ccccc2)c1=O)c1cccs1. The second kappa shape index (κ2) is 7.67.